The molecule has 2 aromatic carbocycles. The molecule has 3 rings (SSSR count). The van der Waals surface area contributed by atoms with Crippen LogP contribution in [-0.4, -0.2) is 24.9 Å². The van der Waals surface area contributed by atoms with Crippen LogP contribution in [0.4, 0.5) is 5.69 Å². The lowest BCUT2D eigenvalue weighted by Crippen LogP contribution is -2.25. The summed E-state index contributed by atoms with van der Waals surface area (Å²) in [5.41, 5.74) is 1.92. The molecule has 5 heteroatoms. The minimum atomic E-state index is -0.224. The zero-order chi connectivity index (χ0) is 17.6. The van der Waals surface area contributed by atoms with Crippen LogP contribution in [0.2, 0.25) is 0 Å². The molecule has 0 atom stereocenters. The van der Waals surface area contributed by atoms with Gasteiger partial charge in [0.1, 0.15) is 11.5 Å². The lowest BCUT2D eigenvalue weighted by molar-refractivity contribution is -0.118. The summed E-state index contributed by atoms with van der Waals surface area (Å²) < 4.78 is 10.8. The number of ether oxygens (including phenoxy) is 2. The smallest absolute Gasteiger partial charge is 0.262 e. The Labute approximate surface area is 146 Å². The van der Waals surface area contributed by atoms with E-state index >= 15 is 0 Å². The monoisotopic (exact) mass is 337 g/mol. The van der Waals surface area contributed by atoms with E-state index in [4.69, 9.17) is 9.47 Å². The Morgan fingerprint density at radius 3 is 2.80 bits per heavy atom. The zero-order valence-corrected chi connectivity index (χ0v) is 14.0. The summed E-state index contributed by atoms with van der Waals surface area (Å²) in [4.78, 5) is 23.7. The summed E-state index contributed by atoms with van der Waals surface area (Å²) in [7, 11) is 0. The van der Waals surface area contributed by atoms with Crippen molar-refractivity contribution in [1.29, 1.82) is 0 Å². The number of fused-ring (bicyclic) bond motifs is 1. The Hall–Kier alpha value is -3.08. The van der Waals surface area contributed by atoms with E-state index in [0.29, 0.717) is 23.6 Å². The van der Waals surface area contributed by atoms with Gasteiger partial charge in [-0.05, 0) is 48.4 Å². The molecule has 0 aliphatic carbocycles. The van der Waals surface area contributed by atoms with Gasteiger partial charge in [0.15, 0.2) is 12.4 Å². The van der Waals surface area contributed by atoms with Crippen LogP contribution in [0.3, 0.4) is 0 Å². The quantitative estimate of drug-likeness (QED) is 0.645. The number of allylic oxidation sites excluding steroid dienone is 1. The van der Waals surface area contributed by atoms with Gasteiger partial charge in [0.25, 0.3) is 5.91 Å². The van der Waals surface area contributed by atoms with Crippen molar-refractivity contribution in [2.24, 2.45) is 0 Å². The maximum Gasteiger partial charge on any atom is 0.262 e. The van der Waals surface area contributed by atoms with Gasteiger partial charge in [-0.3, -0.25) is 9.59 Å². The second-order valence-electron chi connectivity index (χ2n) is 5.66. The van der Waals surface area contributed by atoms with Gasteiger partial charge in [0.05, 0.1) is 12.3 Å². The molecule has 1 amide bonds. The highest BCUT2D eigenvalue weighted by Crippen LogP contribution is 2.28. The van der Waals surface area contributed by atoms with Gasteiger partial charge in [-0.2, -0.15) is 0 Å². The van der Waals surface area contributed by atoms with Crippen molar-refractivity contribution in [1.82, 2.24) is 0 Å². The number of nitrogens with one attached hydrogen (secondary N) is 1. The first-order valence-corrected chi connectivity index (χ1v) is 8.17. The number of benzene rings is 2. The Bertz CT molecular complexity index is 809. The van der Waals surface area contributed by atoms with Gasteiger partial charge in [0.2, 0.25) is 0 Å². The summed E-state index contributed by atoms with van der Waals surface area (Å²) in [5, 5.41) is 2.70. The Morgan fingerprint density at radius 2 is 2.04 bits per heavy atom. The van der Waals surface area contributed by atoms with E-state index in [9.17, 15) is 9.59 Å². The summed E-state index contributed by atoms with van der Waals surface area (Å²) in [5.74, 6) is 1.02. The minimum absolute atomic E-state index is 0.00182. The molecular weight excluding hydrogens is 318 g/mol. The van der Waals surface area contributed by atoms with Crippen molar-refractivity contribution >= 4 is 23.5 Å². The third-order valence-electron chi connectivity index (χ3n) is 3.68. The first-order chi connectivity index (χ1) is 12.2. The molecule has 1 aliphatic heterocycles. The second-order valence-corrected chi connectivity index (χ2v) is 5.66. The molecule has 0 spiro atoms. The van der Waals surface area contributed by atoms with E-state index in [1.54, 1.807) is 24.3 Å². The van der Waals surface area contributed by atoms with Crippen molar-refractivity contribution in [3.05, 3.63) is 59.7 Å². The fourth-order valence-corrected chi connectivity index (χ4v) is 2.40. The van der Waals surface area contributed by atoms with Crippen LogP contribution in [0, 0.1) is 0 Å². The fourth-order valence-electron chi connectivity index (χ4n) is 2.40. The van der Waals surface area contributed by atoms with Crippen LogP contribution in [0.25, 0.3) is 6.08 Å². The molecule has 128 valence electrons. The summed E-state index contributed by atoms with van der Waals surface area (Å²) >= 11 is 0. The Kier molecular flexibility index (Phi) is 5.14. The first kappa shape index (κ1) is 16.8. The topological polar surface area (TPSA) is 64.6 Å². The number of carbonyl (C=O) groups excluding carboxylic acids is 2. The van der Waals surface area contributed by atoms with Crippen LogP contribution in [0.1, 0.15) is 29.3 Å². The molecule has 2 aromatic rings. The van der Waals surface area contributed by atoms with E-state index in [-0.39, 0.29) is 18.3 Å². The summed E-state index contributed by atoms with van der Waals surface area (Å²) in [6.07, 6.45) is 4.22. The van der Waals surface area contributed by atoms with Crippen molar-refractivity contribution < 1.29 is 19.1 Å². The molecule has 5 nitrogen and oxygen atoms in total. The first-order valence-electron chi connectivity index (χ1n) is 8.17. The average molecular weight is 337 g/mol. The molecule has 0 unspecified atom stereocenters. The van der Waals surface area contributed by atoms with E-state index in [1.807, 2.05) is 24.3 Å². The number of anilines is 1. The Morgan fingerprint density at radius 1 is 1.24 bits per heavy atom. The largest absolute Gasteiger partial charge is 0.494 e. The molecule has 0 aromatic heterocycles. The fraction of sp³-hybridized carbons (Fsp3) is 0.200. The van der Waals surface area contributed by atoms with Crippen LogP contribution in [-0.2, 0) is 4.79 Å². The van der Waals surface area contributed by atoms with Crippen molar-refractivity contribution in [2.45, 2.75) is 13.3 Å². The molecular formula is C20H19NO4. The third-order valence-corrected chi connectivity index (χ3v) is 3.68. The average Bonchev–Trinajstić information content (AvgIpc) is 2.64. The number of carbonyl (C=O) groups is 2. The summed E-state index contributed by atoms with van der Waals surface area (Å²) in [6.45, 7) is 2.74. The number of hydrogen-bond donors (Lipinski definition) is 1. The number of rotatable bonds is 6. The maximum absolute atomic E-state index is 12.3. The van der Waals surface area contributed by atoms with Gasteiger partial charge in [-0.25, -0.2) is 0 Å². The SMILES string of the molecule is CCCOc1ccc(/C=C/C(=O)c2ccc3c(c2)NC(=O)CO3)cc1. The van der Waals surface area contributed by atoms with Crippen LogP contribution in [0.15, 0.2) is 48.5 Å². The predicted octanol–water partition coefficient (Wildman–Crippen LogP) is 3.70. The highest BCUT2D eigenvalue weighted by Gasteiger charge is 2.17. The minimum Gasteiger partial charge on any atom is -0.494 e. The van der Waals surface area contributed by atoms with E-state index in [1.165, 1.54) is 6.08 Å². The zero-order valence-electron chi connectivity index (χ0n) is 14.0. The highest BCUT2D eigenvalue weighted by atomic mass is 16.5. The predicted molar refractivity (Wildman–Crippen MR) is 96.2 cm³/mol. The van der Waals surface area contributed by atoms with Gasteiger partial charge < -0.3 is 14.8 Å². The van der Waals surface area contributed by atoms with E-state index in [2.05, 4.69) is 12.2 Å². The number of amides is 1. The van der Waals surface area contributed by atoms with E-state index < -0.39 is 0 Å². The Balaban J connectivity index is 1.68. The van der Waals surface area contributed by atoms with Crippen LogP contribution >= 0.6 is 0 Å². The van der Waals surface area contributed by atoms with Gasteiger partial charge in [0, 0.05) is 5.56 Å². The van der Waals surface area contributed by atoms with Gasteiger partial charge in [-0.1, -0.05) is 25.1 Å². The van der Waals surface area contributed by atoms with Crippen molar-refractivity contribution in [3.8, 4) is 11.5 Å². The normalized spacial score (nSPS) is 13.1. The molecule has 0 bridgehead atoms. The van der Waals surface area contributed by atoms with Crippen LogP contribution < -0.4 is 14.8 Å². The molecule has 0 saturated carbocycles. The number of hydrogen-bond acceptors (Lipinski definition) is 4. The second kappa shape index (κ2) is 7.66. The lowest BCUT2D eigenvalue weighted by Gasteiger charge is -2.17. The molecule has 1 N–H and O–H groups in total. The molecule has 1 aliphatic rings. The highest BCUT2D eigenvalue weighted by molar-refractivity contribution is 6.08. The van der Waals surface area contributed by atoms with Crippen molar-refractivity contribution in [3.63, 3.8) is 0 Å². The van der Waals surface area contributed by atoms with Gasteiger partial charge in [-0.15, -0.1) is 0 Å². The van der Waals surface area contributed by atoms with Crippen molar-refractivity contribution in [2.75, 3.05) is 18.5 Å². The van der Waals surface area contributed by atoms with Crippen LogP contribution in [0.5, 0.6) is 11.5 Å². The maximum atomic E-state index is 12.3. The standard InChI is InChI=1S/C20H19NO4/c1-2-11-24-16-7-3-14(4-8-16)5-9-18(22)15-6-10-19-17(12-15)21-20(23)13-25-19/h3-10,12H,2,11,13H2,1H3,(H,21,23)/b9-5+. The molecule has 25 heavy (non-hydrogen) atoms. The van der Waals surface area contributed by atoms with E-state index in [0.717, 1.165) is 17.7 Å². The third kappa shape index (κ3) is 4.26. The number of ketones is 1. The molecule has 1 heterocycles. The molecule has 0 radical (unpaired) electrons. The molecule has 0 fully saturated rings. The summed E-state index contributed by atoms with van der Waals surface area (Å²) in [6, 6.07) is 12.6. The molecule has 0 saturated heterocycles. The van der Waals surface area contributed by atoms with Gasteiger partial charge >= 0.3 is 0 Å². The lowest BCUT2D eigenvalue weighted by atomic mass is 10.1.